The Morgan fingerprint density at radius 1 is 0.652 bits per heavy atom. The second kappa shape index (κ2) is 6.81. The predicted molar refractivity (Wildman–Crippen MR) is 94.3 cm³/mol. The smallest absolute Gasteiger partial charge is 0.0211 e. The summed E-state index contributed by atoms with van der Waals surface area (Å²) in [7, 11) is 0. The molecule has 3 aromatic carbocycles. The van der Waals surface area contributed by atoms with E-state index in [0.717, 1.165) is 0 Å². The zero-order valence-corrected chi connectivity index (χ0v) is 15.5. The van der Waals surface area contributed by atoms with E-state index >= 15 is 0 Å². The van der Waals surface area contributed by atoms with E-state index in [0.29, 0.717) is 0 Å². The van der Waals surface area contributed by atoms with Crippen LogP contribution in [-0.4, -0.2) is 0 Å². The van der Waals surface area contributed by atoms with Crippen molar-refractivity contribution in [1.29, 1.82) is 0 Å². The molecule has 23 heavy (non-hydrogen) atoms. The van der Waals surface area contributed by atoms with E-state index in [1.807, 2.05) is 0 Å². The zero-order chi connectivity index (χ0) is 14.9. The minimum absolute atomic E-state index is 0. The van der Waals surface area contributed by atoms with E-state index in [1.165, 1.54) is 39.0 Å². The van der Waals surface area contributed by atoms with Crippen LogP contribution in [-0.2, 0) is 26.2 Å². The Morgan fingerprint density at radius 2 is 1.39 bits per heavy atom. The second-order valence-corrected chi connectivity index (χ2v) is 5.78. The molecule has 0 N–H and O–H groups in total. The van der Waals surface area contributed by atoms with Gasteiger partial charge in [0.25, 0.3) is 0 Å². The topological polar surface area (TPSA) is 0 Å². The molecule has 0 saturated heterocycles. The van der Waals surface area contributed by atoms with Crippen molar-refractivity contribution >= 4 is 11.6 Å². The number of allylic oxidation sites excluding steroid dienone is 1. The van der Waals surface area contributed by atoms with Gasteiger partial charge in [0.15, 0.2) is 0 Å². The molecule has 3 aromatic rings. The quantitative estimate of drug-likeness (QED) is 0.536. The van der Waals surface area contributed by atoms with Gasteiger partial charge < -0.3 is 0 Å². The van der Waals surface area contributed by atoms with E-state index in [9.17, 15) is 0 Å². The molecule has 4 rings (SSSR count). The Morgan fingerprint density at radius 3 is 2.13 bits per heavy atom. The maximum Gasteiger partial charge on any atom is 0.0211 e. The maximum atomic E-state index is 2.31. The summed E-state index contributed by atoms with van der Waals surface area (Å²) in [6.07, 6.45) is 4.59. The summed E-state index contributed by atoms with van der Waals surface area (Å²) in [6.45, 7) is 2.13. The molecule has 0 saturated carbocycles. The van der Waals surface area contributed by atoms with E-state index in [2.05, 4.69) is 92.2 Å². The first-order valence-electron chi connectivity index (χ1n) is 7.63. The van der Waals surface area contributed by atoms with Crippen LogP contribution in [0.3, 0.4) is 0 Å². The van der Waals surface area contributed by atoms with Gasteiger partial charge in [-0.2, -0.15) is 0 Å². The molecule has 0 aromatic heterocycles. The molecule has 0 nitrogen and oxygen atoms in total. The summed E-state index contributed by atoms with van der Waals surface area (Å²) in [6, 6.07) is 25.9. The monoisotopic (exact) mass is 371 g/mol. The van der Waals surface area contributed by atoms with Crippen molar-refractivity contribution in [1.82, 2.24) is 0 Å². The largest absolute Gasteiger partial charge is 0.0622 e. The minimum atomic E-state index is 0. The predicted octanol–water partition coefficient (Wildman–Crippen LogP) is 5.77. The average molecular weight is 373 g/mol. The fourth-order valence-electron chi connectivity index (χ4n) is 3.02. The van der Waals surface area contributed by atoms with Crippen molar-refractivity contribution in [2.75, 3.05) is 0 Å². The van der Waals surface area contributed by atoms with Gasteiger partial charge in [-0.05, 0) is 46.4 Å². The Hall–Kier alpha value is -1.72. The molecule has 1 radical (unpaired) electrons. The summed E-state index contributed by atoms with van der Waals surface area (Å²) in [5.74, 6) is 0. The molecule has 1 aliphatic carbocycles. The van der Waals surface area contributed by atoms with Crippen molar-refractivity contribution in [2.24, 2.45) is 0 Å². The number of hydrogen-bond acceptors (Lipinski definition) is 0. The van der Waals surface area contributed by atoms with Crippen LogP contribution in [0, 0.1) is 13.3 Å². The third-order valence-corrected chi connectivity index (χ3v) is 4.22. The van der Waals surface area contributed by atoms with E-state index in [-0.39, 0.29) is 26.2 Å². The van der Waals surface area contributed by atoms with Crippen LogP contribution in [0.2, 0.25) is 0 Å². The maximum absolute atomic E-state index is 2.31. The molecular weight excluding hydrogens is 355 g/mol. The van der Waals surface area contributed by atoms with Gasteiger partial charge in [0, 0.05) is 32.6 Å². The number of hydrogen-bond donors (Lipinski definition) is 0. The molecule has 0 aliphatic heterocycles. The Bertz CT molecular complexity index is 843. The number of aryl methyl sites for hydroxylation is 1. The van der Waals surface area contributed by atoms with E-state index < -0.39 is 0 Å². The summed E-state index contributed by atoms with van der Waals surface area (Å²) in [5.41, 5.74) is 9.07. The van der Waals surface area contributed by atoms with Gasteiger partial charge in [-0.3, -0.25) is 0 Å². The van der Waals surface area contributed by atoms with Gasteiger partial charge in [0.1, 0.15) is 0 Å². The van der Waals surface area contributed by atoms with Crippen LogP contribution in [0.25, 0.3) is 22.8 Å². The van der Waals surface area contributed by atoms with Crippen LogP contribution in [0.4, 0.5) is 0 Å². The zero-order valence-electron chi connectivity index (χ0n) is 13.1. The van der Waals surface area contributed by atoms with Crippen molar-refractivity contribution < 1.29 is 26.2 Å². The summed E-state index contributed by atoms with van der Waals surface area (Å²) >= 11 is 0. The van der Waals surface area contributed by atoms with Gasteiger partial charge in [0.2, 0.25) is 0 Å². The first kappa shape index (κ1) is 16.2. The van der Waals surface area contributed by atoms with E-state index in [1.54, 1.807) is 0 Å². The average Bonchev–Trinajstić information content (AvgIpc) is 3.01. The standard InChI is InChI=1S/C22H17.Zr/c1-16-10-12-18(13-11-16)21-9-5-8-19-14-20(15-22(19)21)17-6-3-2-4-7-17;/h2-15H,1H3;. The van der Waals surface area contributed by atoms with Crippen molar-refractivity contribution in [3.05, 3.63) is 101 Å². The first-order chi connectivity index (χ1) is 10.8. The van der Waals surface area contributed by atoms with Crippen LogP contribution in [0.5, 0.6) is 0 Å². The van der Waals surface area contributed by atoms with Crippen molar-refractivity contribution in [2.45, 2.75) is 6.92 Å². The third kappa shape index (κ3) is 3.17. The van der Waals surface area contributed by atoms with Gasteiger partial charge in [-0.15, -0.1) is 0 Å². The third-order valence-electron chi connectivity index (χ3n) is 4.22. The fourth-order valence-corrected chi connectivity index (χ4v) is 3.02. The van der Waals surface area contributed by atoms with Crippen LogP contribution in [0.15, 0.2) is 72.8 Å². The second-order valence-electron chi connectivity index (χ2n) is 5.78. The summed E-state index contributed by atoms with van der Waals surface area (Å²) < 4.78 is 0. The SMILES string of the molecule is Cc1ccc(-c2cccc3c2C=C(c2ccccc2)[CH]3)cc1.[Zr]. The van der Waals surface area contributed by atoms with Gasteiger partial charge >= 0.3 is 0 Å². The number of benzene rings is 3. The molecule has 0 unspecified atom stereocenters. The van der Waals surface area contributed by atoms with E-state index in [4.69, 9.17) is 0 Å². The molecular formula is C22H17Zr. The van der Waals surface area contributed by atoms with Gasteiger partial charge in [-0.25, -0.2) is 0 Å². The normalized spacial score (nSPS) is 12.3. The molecule has 1 aliphatic rings. The molecule has 0 atom stereocenters. The number of fused-ring (bicyclic) bond motifs is 1. The van der Waals surface area contributed by atoms with Gasteiger partial charge in [-0.1, -0.05) is 78.4 Å². The molecule has 0 amide bonds. The Balaban J connectivity index is 0.00000156. The van der Waals surface area contributed by atoms with Crippen LogP contribution >= 0.6 is 0 Å². The number of rotatable bonds is 2. The van der Waals surface area contributed by atoms with Crippen LogP contribution < -0.4 is 0 Å². The molecule has 1 heteroatoms. The molecule has 0 heterocycles. The Labute approximate surface area is 157 Å². The minimum Gasteiger partial charge on any atom is -0.0622 e. The van der Waals surface area contributed by atoms with Crippen molar-refractivity contribution in [3.63, 3.8) is 0 Å². The first-order valence-corrected chi connectivity index (χ1v) is 7.63. The van der Waals surface area contributed by atoms with Gasteiger partial charge in [0.05, 0.1) is 0 Å². The van der Waals surface area contributed by atoms with Crippen LogP contribution in [0.1, 0.15) is 22.3 Å². The molecule has 0 fully saturated rings. The fraction of sp³-hybridized carbons (Fsp3) is 0.0455. The summed E-state index contributed by atoms with van der Waals surface area (Å²) in [5, 5.41) is 0. The molecule has 0 bridgehead atoms. The Kier molecular flexibility index (Phi) is 4.78. The van der Waals surface area contributed by atoms with Crippen molar-refractivity contribution in [3.8, 4) is 11.1 Å². The molecule has 109 valence electrons. The molecule has 0 spiro atoms. The summed E-state index contributed by atoms with van der Waals surface area (Å²) in [4.78, 5) is 0.